The Kier molecular flexibility index (Phi) is 3.78. The second-order valence-corrected chi connectivity index (χ2v) is 7.31. The van der Waals surface area contributed by atoms with E-state index in [1.165, 1.54) is 29.5 Å². The van der Waals surface area contributed by atoms with Crippen LogP contribution in [0.25, 0.3) is 10.2 Å². The first kappa shape index (κ1) is 14.6. The van der Waals surface area contributed by atoms with Crippen LogP contribution in [0.1, 0.15) is 38.0 Å². The van der Waals surface area contributed by atoms with Gasteiger partial charge in [-0.05, 0) is 37.7 Å². The summed E-state index contributed by atoms with van der Waals surface area (Å²) in [7, 11) is 1.89. The van der Waals surface area contributed by atoms with Gasteiger partial charge in [-0.25, -0.2) is 4.98 Å². The molecule has 5 heteroatoms. The first-order chi connectivity index (χ1) is 10.1. The van der Waals surface area contributed by atoms with Crippen LogP contribution >= 0.6 is 11.3 Å². The lowest BCUT2D eigenvalue weighted by atomic mass is 9.82. The Balaban J connectivity index is 2.04. The van der Waals surface area contributed by atoms with Gasteiger partial charge in [0, 0.05) is 25.0 Å². The molecule has 4 nitrogen and oxygen atoms in total. The van der Waals surface area contributed by atoms with Crippen LogP contribution in [0.5, 0.6) is 0 Å². The van der Waals surface area contributed by atoms with E-state index >= 15 is 0 Å². The number of rotatable bonds is 4. The van der Waals surface area contributed by atoms with E-state index in [0.717, 1.165) is 29.7 Å². The first-order valence-corrected chi connectivity index (χ1v) is 8.63. The molecule has 0 spiro atoms. The van der Waals surface area contributed by atoms with Gasteiger partial charge in [-0.3, -0.25) is 0 Å². The van der Waals surface area contributed by atoms with Crippen LogP contribution in [-0.4, -0.2) is 30.1 Å². The lowest BCUT2D eigenvalue weighted by molar-refractivity contribution is 0.301. The molecular formula is C16H24N4S. The largest absolute Gasteiger partial charge is 0.357 e. The molecule has 1 saturated heterocycles. The van der Waals surface area contributed by atoms with E-state index in [0.29, 0.717) is 5.41 Å². The van der Waals surface area contributed by atoms with Crippen molar-refractivity contribution in [2.75, 3.05) is 30.4 Å². The number of fused-ring (bicyclic) bond motifs is 1. The van der Waals surface area contributed by atoms with Gasteiger partial charge in [-0.2, -0.15) is 4.98 Å². The Morgan fingerprint density at radius 3 is 2.71 bits per heavy atom. The van der Waals surface area contributed by atoms with Crippen LogP contribution in [0.3, 0.4) is 0 Å². The van der Waals surface area contributed by atoms with Gasteiger partial charge in [0.05, 0.1) is 5.39 Å². The molecule has 3 rings (SSSR count). The summed E-state index contributed by atoms with van der Waals surface area (Å²) in [6, 6.07) is 2.23. The lowest BCUT2D eigenvalue weighted by Gasteiger charge is -2.27. The minimum absolute atomic E-state index is 0.460. The van der Waals surface area contributed by atoms with Crippen molar-refractivity contribution < 1.29 is 0 Å². The molecule has 21 heavy (non-hydrogen) atoms. The van der Waals surface area contributed by atoms with E-state index in [9.17, 15) is 0 Å². The summed E-state index contributed by atoms with van der Waals surface area (Å²) in [5.41, 5.74) is 0.460. The molecule has 0 aromatic carbocycles. The molecule has 2 aromatic rings. The van der Waals surface area contributed by atoms with E-state index in [1.54, 1.807) is 11.3 Å². The minimum atomic E-state index is 0.460. The van der Waals surface area contributed by atoms with Crippen molar-refractivity contribution >= 4 is 33.3 Å². The monoisotopic (exact) mass is 304 g/mol. The molecule has 0 saturated carbocycles. The molecule has 0 unspecified atom stereocenters. The van der Waals surface area contributed by atoms with E-state index in [4.69, 9.17) is 4.98 Å². The lowest BCUT2D eigenvalue weighted by Crippen LogP contribution is -2.27. The molecule has 3 heterocycles. The van der Waals surface area contributed by atoms with Crippen molar-refractivity contribution in [1.82, 2.24) is 9.97 Å². The molecule has 2 aromatic heterocycles. The van der Waals surface area contributed by atoms with Crippen molar-refractivity contribution in [1.29, 1.82) is 0 Å². The summed E-state index contributed by atoms with van der Waals surface area (Å²) in [6.07, 6.45) is 3.76. The maximum Gasteiger partial charge on any atom is 0.225 e. The van der Waals surface area contributed by atoms with Crippen molar-refractivity contribution in [3.8, 4) is 0 Å². The molecule has 114 valence electrons. The van der Waals surface area contributed by atoms with E-state index in [2.05, 4.69) is 42.0 Å². The highest BCUT2D eigenvalue weighted by Crippen LogP contribution is 2.41. The Labute approximate surface area is 130 Å². The number of nitrogens with zero attached hydrogens (tertiary/aromatic N) is 3. The number of nitrogens with one attached hydrogen (secondary N) is 1. The van der Waals surface area contributed by atoms with Gasteiger partial charge in [-0.15, -0.1) is 11.3 Å². The number of thiophene rings is 1. The predicted molar refractivity (Wildman–Crippen MR) is 91.5 cm³/mol. The van der Waals surface area contributed by atoms with E-state index in [-0.39, 0.29) is 0 Å². The molecule has 0 radical (unpaired) electrons. The molecule has 1 fully saturated rings. The zero-order valence-electron chi connectivity index (χ0n) is 13.4. The topological polar surface area (TPSA) is 41.1 Å². The average molecular weight is 304 g/mol. The van der Waals surface area contributed by atoms with Crippen LogP contribution in [0.4, 0.5) is 11.8 Å². The molecule has 0 bridgehead atoms. The summed E-state index contributed by atoms with van der Waals surface area (Å²) >= 11 is 1.75. The number of hydrogen-bond acceptors (Lipinski definition) is 5. The van der Waals surface area contributed by atoms with Crippen LogP contribution < -0.4 is 10.2 Å². The molecule has 1 aliphatic heterocycles. The van der Waals surface area contributed by atoms with E-state index in [1.807, 2.05) is 7.05 Å². The Morgan fingerprint density at radius 2 is 2.10 bits per heavy atom. The Bertz CT molecular complexity index is 645. The summed E-state index contributed by atoms with van der Waals surface area (Å²) in [4.78, 5) is 14.2. The van der Waals surface area contributed by atoms with Gasteiger partial charge in [0.1, 0.15) is 10.6 Å². The smallest absolute Gasteiger partial charge is 0.225 e. The van der Waals surface area contributed by atoms with Crippen LogP contribution in [-0.2, 0) is 0 Å². The van der Waals surface area contributed by atoms with Crippen molar-refractivity contribution in [2.24, 2.45) is 5.41 Å². The second kappa shape index (κ2) is 5.44. The van der Waals surface area contributed by atoms with Crippen LogP contribution in [0.2, 0.25) is 0 Å². The SMILES string of the molecule is CCC1(CC)CCN(c2nc(NC)nc3sc(C)cc23)C1. The third-order valence-corrected chi connectivity index (χ3v) is 5.90. The zero-order chi connectivity index (χ0) is 15.0. The third kappa shape index (κ3) is 2.48. The maximum absolute atomic E-state index is 4.76. The second-order valence-electron chi connectivity index (χ2n) is 6.08. The summed E-state index contributed by atoms with van der Waals surface area (Å²) in [5, 5.41) is 4.31. The number of aromatic nitrogens is 2. The normalized spacial score (nSPS) is 17.6. The van der Waals surface area contributed by atoms with Gasteiger partial charge in [0.15, 0.2) is 0 Å². The fourth-order valence-corrected chi connectivity index (χ4v) is 4.20. The molecule has 0 atom stereocenters. The predicted octanol–water partition coefficient (Wildman–Crippen LogP) is 4.06. The molecule has 1 aliphatic rings. The van der Waals surface area contributed by atoms with Gasteiger partial charge < -0.3 is 10.2 Å². The zero-order valence-corrected chi connectivity index (χ0v) is 14.2. The molecule has 1 N–H and O–H groups in total. The summed E-state index contributed by atoms with van der Waals surface area (Å²) in [6.45, 7) is 8.99. The van der Waals surface area contributed by atoms with E-state index < -0.39 is 0 Å². The third-order valence-electron chi connectivity index (χ3n) is 4.96. The first-order valence-electron chi connectivity index (χ1n) is 7.81. The van der Waals surface area contributed by atoms with Gasteiger partial charge in [-0.1, -0.05) is 13.8 Å². The molecule has 0 amide bonds. The average Bonchev–Trinajstić information content (AvgIpc) is 3.09. The van der Waals surface area contributed by atoms with Crippen LogP contribution in [0.15, 0.2) is 6.07 Å². The fourth-order valence-electron chi connectivity index (χ4n) is 3.32. The van der Waals surface area contributed by atoms with Gasteiger partial charge >= 0.3 is 0 Å². The van der Waals surface area contributed by atoms with Crippen molar-refractivity contribution in [2.45, 2.75) is 40.0 Å². The quantitative estimate of drug-likeness (QED) is 0.925. The molecule has 0 aliphatic carbocycles. The number of anilines is 2. The fraction of sp³-hybridized carbons (Fsp3) is 0.625. The van der Waals surface area contributed by atoms with Crippen molar-refractivity contribution in [3.63, 3.8) is 0 Å². The summed E-state index contributed by atoms with van der Waals surface area (Å²) in [5.74, 6) is 1.84. The highest BCUT2D eigenvalue weighted by molar-refractivity contribution is 7.18. The van der Waals surface area contributed by atoms with Gasteiger partial charge in [0.25, 0.3) is 0 Å². The minimum Gasteiger partial charge on any atom is -0.357 e. The maximum atomic E-state index is 4.76. The van der Waals surface area contributed by atoms with Crippen molar-refractivity contribution in [3.05, 3.63) is 10.9 Å². The molecular weight excluding hydrogens is 280 g/mol. The Morgan fingerprint density at radius 1 is 1.33 bits per heavy atom. The van der Waals surface area contributed by atoms with Gasteiger partial charge in [0.2, 0.25) is 5.95 Å². The number of hydrogen-bond donors (Lipinski definition) is 1. The standard InChI is InChI=1S/C16H24N4S/c1-5-16(6-2)7-8-20(10-16)13-12-9-11(3)21-14(12)19-15(17-4)18-13/h9H,5-8,10H2,1-4H3,(H,17,18,19). The number of aryl methyl sites for hydroxylation is 1. The highest BCUT2D eigenvalue weighted by Gasteiger charge is 2.36. The highest BCUT2D eigenvalue weighted by atomic mass is 32.1. The van der Waals surface area contributed by atoms with Crippen LogP contribution in [0, 0.1) is 12.3 Å². The Hall–Kier alpha value is -1.36. The summed E-state index contributed by atoms with van der Waals surface area (Å²) < 4.78 is 0.